The lowest BCUT2D eigenvalue weighted by atomic mass is 10.1. The predicted molar refractivity (Wildman–Crippen MR) is 128 cm³/mol. The van der Waals surface area contributed by atoms with Crippen LogP contribution in [0.25, 0.3) is 10.9 Å². The number of nitrogens with one attached hydrogen (secondary N) is 2. The fraction of sp³-hybridized carbons (Fsp3) is 0.269. The maximum Gasteiger partial charge on any atom is 0.259 e. The van der Waals surface area contributed by atoms with Crippen LogP contribution in [0.4, 0.5) is 11.8 Å². The van der Waals surface area contributed by atoms with E-state index in [0.717, 1.165) is 36.1 Å². The molecule has 0 unspecified atom stereocenters. The Morgan fingerprint density at radius 3 is 3.00 bits per heavy atom. The van der Waals surface area contributed by atoms with Crippen molar-refractivity contribution in [2.75, 3.05) is 23.4 Å². The summed E-state index contributed by atoms with van der Waals surface area (Å²) in [6, 6.07) is 16.2. The molecule has 33 heavy (non-hydrogen) atoms. The molecule has 166 valence electrons. The molecule has 0 atom stereocenters. The Hall–Kier alpha value is -3.87. The molecular formula is C26H25N5O2. The van der Waals surface area contributed by atoms with Crippen molar-refractivity contribution >= 4 is 28.6 Å². The summed E-state index contributed by atoms with van der Waals surface area (Å²) in [5.41, 5.74) is 4.00. The van der Waals surface area contributed by atoms with E-state index in [9.17, 15) is 4.79 Å². The summed E-state index contributed by atoms with van der Waals surface area (Å²) in [4.78, 5) is 27.8. The van der Waals surface area contributed by atoms with Gasteiger partial charge in [0.25, 0.3) is 5.91 Å². The third-order valence-corrected chi connectivity index (χ3v) is 6.29. The van der Waals surface area contributed by atoms with Crippen LogP contribution >= 0.6 is 0 Å². The average molecular weight is 440 g/mol. The van der Waals surface area contributed by atoms with Crippen molar-refractivity contribution in [2.45, 2.75) is 31.7 Å². The third kappa shape index (κ3) is 4.02. The smallest absolute Gasteiger partial charge is 0.259 e. The van der Waals surface area contributed by atoms with Crippen LogP contribution in [0.5, 0.6) is 5.75 Å². The first-order valence-electron chi connectivity index (χ1n) is 11.5. The highest BCUT2D eigenvalue weighted by molar-refractivity contribution is 6.06. The fourth-order valence-electron chi connectivity index (χ4n) is 4.35. The second kappa shape index (κ2) is 8.24. The van der Waals surface area contributed by atoms with Crippen molar-refractivity contribution in [3.8, 4) is 5.75 Å². The van der Waals surface area contributed by atoms with Crippen LogP contribution in [0.15, 0.2) is 60.9 Å². The number of para-hydroxylation sites is 1. The number of nitrogens with zero attached hydrogens (tertiary/aromatic N) is 3. The van der Waals surface area contributed by atoms with E-state index in [1.807, 2.05) is 42.6 Å². The van der Waals surface area contributed by atoms with Crippen LogP contribution in [0.1, 0.15) is 34.3 Å². The molecule has 2 aromatic heterocycles. The van der Waals surface area contributed by atoms with E-state index in [0.29, 0.717) is 42.9 Å². The normalized spacial score (nSPS) is 14.7. The molecular weight excluding hydrogens is 414 g/mol. The van der Waals surface area contributed by atoms with Gasteiger partial charge in [0.2, 0.25) is 5.95 Å². The summed E-state index contributed by atoms with van der Waals surface area (Å²) in [7, 11) is 0. The van der Waals surface area contributed by atoms with Crippen LogP contribution in [0, 0.1) is 0 Å². The summed E-state index contributed by atoms with van der Waals surface area (Å²) < 4.78 is 5.62. The highest BCUT2D eigenvalue weighted by Crippen LogP contribution is 2.28. The number of aromatic amines is 1. The lowest BCUT2D eigenvalue weighted by Gasteiger charge is -2.22. The SMILES string of the molecule is O=C(c1ccc2c(c1)CCO2)N(CCc1c[nH]c2ccccc12)c1ccnc(NC2CC2)n1. The van der Waals surface area contributed by atoms with Gasteiger partial charge in [-0.25, -0.2) is 4.98 Å². The summed E-state index contributed by atoms with van der Waals surface area (Å²) in [6.45, 7) is 1.17. The minimum Gasteiger partial charge on any atom is -0.493 e. The minimum atomic E-state index is -0.0689. The fourth-order valence-corrected chi connectivity index (χ4v) is 4.35. The number of rotatable bonds is 7. The van der Waals surface area contributed by atoms with Crippen LogP contribution < -0.4 is 15.0 Å². The second-order valence-electron chi connectivity index (χ2n) is 8.64. The molecule has 3 heterocycles. The van der Waals surface area contributed by atoms with E-state index in [2.05, 4.69) is 32.4 Å². The van der Waals surface area contributed by atoms with Crippen LogP contribution in [-0.2, 0) is 12.8 Å². The molecule has 2 aromatic carbocycles. The second-order valence-corrected chi connectivity index (χ2v) is 8.64. The molecule has 2 N–H and O–H groups in total. The van der Waals surface area contributed by atoms with E-state index in [-0.39, 0.29) is 5.91 Å². The number of aromatic nitrogens is 3. The molecule has 0 radical (unpaired) electrons. The van der Waals surface area contributed by atoms with Crippen LogP contribution in [-0.4, -0.2) is 40.1 Å². The first-order valence-corrected chi connectivity index (χ1v) is 11.5. The maximum absolute atomic E-state index is 13.7. The van der Waals surface area contributed by atoms with Gasteiger partial charge in [-0.05, 0) is 60.7 Å². The molecule has 4 aromatic rings. The quantitative estimate of drug-likeness (QED) is 0.447. The van der Waals surface area contributed by atoms with E-state index >= 15 is 0 Å². The number of anilines is 2. The Labute approximate surface area is 191 Å². The molecule has 1 aliphatic heterocycles. The van der Waals surface area contributed by atoms with E-state index in [1.54, 1.807) is 11.1 Å². The van der Waals surface area contributed by atoms with Gasteiger partial charge in [0.1, 0.15) is 11.6 Å². The summed E-state index contributed by atoms with van der Waals surface area (Å²) >= 11 is 0. The first-order chi connectivity index (χ1) is 16.2. The van der Waals surface area contributed by atoms with Gasteiger partial charge in [-0.15, -0.1) is 0 Å². The maximum atomic E-state index is 13.7. The van der Waals surface area contributed by atoms with E-state index < -0.39 is 0 Å². The molecule has 0 saturated heterocycles. The number of ether oxygens (including phenoxy) is 1. The van der Waals surface area contributed by atoms with Crippen LogP contribution in [0.2, 0.25) is 0 Å². The molecule has 0 spiro atoms. The van der Waals surface area contributed by atoms with Gasteiger partial charge in [0.15, 0.2) is 0 Å². The summed E-state index contributed by atoms with van der Waals surface area (Å²) in [5.74, 6) is 1.98. The number of hydrogen-bond donors (Lipinski definition) is 2. The molecule has 2 aliphatic rings. The lowest BCUT2D eigenvalue weighted by Crippen LogP contribution is -2.34. The van der Waals surface area contributed by atoms with Gasteiger partial charge in [-0.3, -0.25) is 9.69 Å². The number of carbonyl (C=O) groups excluding carboxylic acids is 1. The Morgan fingerprint density at radius 2 is 2.09 bits per heavy atom. The number of carbonyl (C=O) groups is 1. The van der Waals surface area contributed by atoms with Crippen molar-refractivity contribution in [2.24, 2.45) is 0 Å². The molecule has 1 fully saturated rings. The number of fused-ring (bicyclic) bond motifs is 2. The van der Waals surface area contributed by atoms with Crippen molar-refractivity contribution in [3.05, 3.63) is 77.6 Å². The standard InChI is InChI=1S/C26H25N5O2/c32-25(18-5-8-23-17(15-18)11-14-33-23)31(24-9-12-27-26(30-24)29-20-6-7-20)13-10-19-16-28-22-4-2-1-3-21(19)22/h1-5,8-9,12,15-16,20,28H,6-7,10-11,13-14H2,(H,27,29,30). The number of H-pyrrole nitrogens is 1. The van der Waals surface area contributed by atoms with Crippen molar-refractivity contribution in [1.82, 2.24) is 15.0 Å². The topological polar surface area (TPSA) is 83.1 Å². The molecule has 0 bridgehead atoms. The average Bonchev–Trinajstić information content (AvgIpc) is 3.37. The molecule has 7 heteroatoms. The minimum absolute atomic E-state index is 0.0689. The molecule has 6 rings (SSSR count). The van der Waals surface area contributed by atoms with Gasteiger partial charge < -0.3 is 15.0 Å². The number of amides is 1. The Morgan fingerprint density at radius 1 is 1.18 bits per heavy atom. The Balaban J connectivity index is 1.31. The largest absolute Gasteiger partial charge is 0.493 e. The predicted octanol–water partition coefficient (Wildman–Crippen LogP) is 4.36. The summed E-state index contributed by atoms with van der Waals surface area (Å²) in [5, 5.41) is 4.51. The zero-order valence-corrected chi connectivity index (χ0v) is 18.3. The van der Waals surface area contributed by atoms with Gasteiger partial charge in [0, 0.05) is 47.9 Å². The monoisotopic (exact) mass is 439 g/mol. The van der Waals surface area contributed by atoms with Crippen molar-refractivity contribution in [3.63, 3.8) is 0 Å². The first kappa shape index (κ1) is 19.8. The highest BCUT2D eigenvalue weighted by Gasteiger charge is 2.25. The molecule has 1 saturated carbocycles. The van der Waals surface area contributed by atoms with Crippen LogP contribution in [0.3, 0.4) is 0 Å². The molecule has 7 nitrogen and oxygen atoms in total. The van der Waals surface area contributed by atoms with Gasteiger partial charge in [0.05, 0.1) is 6.61 Å². The number of hydrogen-bond acceptors (Lipinski definition) is 5. The number of benzene rings is 2. The van der Waals surface area contributed by atoms with Gasteiger partial charge in [-0.2, -0.15) is 4.98 Å². The van der Waals surface area contributed by atoms with Gasteiger partial charge in [-0.1, -0.05) is 18.2 Å². The van der Waals surface area contributed by atoms with Gasteiger partial charge >= 0.3 is 0 Å². The zero-order valence-electron chi connectivity index (χ0n) is 18.3. The van der Waals surface area contributed by atoms with Crippen molar-refractivity contribution < 1.29 is 9.53 Å². The van der Waals surface area contributed by atoms with E-state index in [4.69, 9.17) is 4.74 Å². The third-order valence-electron chi connectivity index (χ3n) is 6.29. The summed E-state index contributed by atoms with van der Waals surface area (Å²) in [6.07, 6.45) is 7.55. The van der Waals surface area contributed by atoms with E-state index in [1.165, 1.54) is 10.9 Å². The Bertz CT molecular complexity index is 1330. The van der Waals surface area contributed by atoms with Crippen molar-refractivity contribution in [1.29, 1.82) is 0 Å². The zero-order chi connectivity index (χ0) is 22.2. The lowest BCUT2D eigenvalue weighted by molar-refractivity contribution is 0.0986. The molecule has 1 aliphatic carbocycles. The molecule has 1 amide bonds. The Kier molecular flexibility index (Phi) is 4.94. The highest BCUT2D eigenvalue weighted by atomic mass is 16.5.